The van der Waals surface area contributed by atoms with E-state index in [9.17, 15) is 13.2 Å². The van der Waals surface area contributed by atoms with Crippen LogP contribution in [0.5, 0.6) is 0 Å². The van der Waals surface area contributed by atoms with Crippen LogP contribution in [0.2, 0.25) is 0 Å². The zero-order valence-electron chi connectivity index (χ0n) is 18.5. The summed E-state index contributed by atoms with van der Waals surface area (Å²) in [6, 6.07) is 8.71. The number of benzene rings is 1. The van der Waals surface area contributed by atoms with Gasteiger partial charge in [0, 0.05) is 56.5 Å². The van der Waals surface area contributed by atoms with Crippen molar-refractivity contribution in [3.8, 4) is 0 Å². The van der Waals surface area contributed by atoms with E-state index in [1.54, 1.807) is 30.5 Å². The molecule has 33 heavy (non-hydrogen) atoms. The molecule has 1 amide bonds. The minimum atomic E-state index is -3.21. The van der Waals surface area contributed by atoms with Gasteiger partial charge in [-0.2, -0.15) is 0 Å². The largest absolute Gasteiger partial charge is 0.350 e. The fraction of sp³-hybridized carbons (Fsp3) is 0.348. The van der Waals surface area contributed by atoms with Gasteiger partial charge in [-0.1, -0.05) is 18.2 Å². The highest BCUT2D eigenvalue weighted by Crippen LogP contribution is 2.27. The predicted molar refractivity (Wildman–Crippen MR) is 133 cm³/mol. The van der Waals surface area contributed by atoms with Crippen molar-refractivity contribution in [3.63, 3.8) is 0 Å². The number of aliphatic imine (C=N–C) groups is 2. The molecule has 0 radical (unpaired) electrons. The first-order valence-corrected chi connectivity index (χ1v) is 13.5. The molecule has 2 N–H and O–H groups in total. The molecule has 1 fully saturated rings. The normalized spacial score (nSPS) is 17.7. The molecule has 0 unspecified atom stereocenters. The number of nitrogens with zero attached hydrogens (tertiary/aromatic N) is 3. The molecule has 0 atom stereocenters. The Kier molecular flexibility index (Phi) is 7.36. The average molecular weight is 486 g/mol. The highest BCUT2D eigenvalue weighted by Gasteiger charge is 2.21. The summed E-state index contributed by atoms with van der Waals surface area (Å²) in [4.78, 5) is 25.9. The number of rotatable bonds is 4. The standard InChI is InChI=1S/C23H27N5O3S2/c1-33(30,31)19-7-5-17(6-8-19)15-26-23-25-9-3-2-4-20-18(16-27-23)14-21(32-20)22(29)28-12-10-24-11-13-28/h2,4-9,14,24H,3,10-13,15-16H2,1H3,(H,26,27)/b4-2-,25-9?. The molecule has 2 aromatic rings. The Morgan fingerprint density at radius 2 is 1.97 bits per heavy atom. The van der Waals surface area contributed by atoms with E-state index < -0.39 is 9.84 Å². The van der Waals surface area contributed by atoms with Gasteiger partial charge >= 0.3 is 0 Å². The minimum Gasteiger partial charge on any atom is -0.350 e. The first kappa shape index (κ1) is 23.3. The summed E-state index contributed by atoms with van der Waals surface area (Å²) in [5.74, 6) is 0.581. The molecular formula is C23H27N5O3S2. The Bertz CT molecular complexity index is 1190. The molecule has 2 aliphatic rings. The minimum absolute atomic E-state index is 0.0772. The lowest BCUT2D eigenvalue weighted by Gasteiger charge is -2.26. The summed E-state index contributed by atoms with van der Waals surface area (Å²) in [6.45, 7) is 3.98. The molecule has 4 rings (SSSR count). The van der Waals surface area contributed by atoms with Crippen LogP contribution in [-0.4, -0.2) is 63.8 Å². The molecule has 0 spiro atoms. The van der Waals surface area contributed by atoms with Crippen LogP contribution in [0.15, 0.2) is 51.3 Å². The van der Waals surface area contributed by atoms with Crippen LogP contribution >= 0.6 is 11.3 Å². The molecule has 0 bridgehead atoms. The van der Waals surface area contributed by atoms with Gasteiger partial charge in [0.15, 0.2) is 9.84 Å². The molecule has 1 aromatic carbocycles. The lowest BCUT2D eigenvalue weighted by Crippen LogP contribution is -2.46. The van der Waals surface area contributed by atoms with E-state index in [1.165, 1.54) is 17.6 Å². The Morgan fingerprint density at radius 1 is 1.21 bits per heavy atom. The summed E-state index contributed by atoms with van der Waals surface area (Å²) in [7, 11) is -3.21. The smallest absolute Gasteiger partial charge is 0.264 e. The number of fused-ring (bicyclic) bond motifs is 1. The number of guanidine groups is 1. The summed E-state index contributed by atoms with van der Waals surface area (Å²) < 4.78 is 23.3. The highest BCUT2D eigenvalue weighted by atomic mass is 32.2. The van der Waals surface area contributed by atoms with Crippen LogP contribution < -0.4 is 10.6 Å². The summed E-state index contributed by atoms with van der Waals surface area (Å²) in [5, 5.41) is 6.50. The number of carbonyl (C=O) groups is 1. The van der Waals surface area contributed by atoms with Crippen molar-refractivity contribution in [2.75, 3.05) is 32.4 Å². The molecule has 8 nitrogen and oxygen atoms in total. The van der Waals surface area contributed by atoms with E-state index in [-0.39, 0.29) is 5.91 Å². The number of hydrogen-bond acceptors (Lipinski definition) is 8. The van der Waals surface area contributed by atoms with Gasteiger partial charge in [-0.3, -0.25) is 4.79 Å². The molecule has 10 heteroatoms. The fourth-order valence-electron chi connectivity index (χ4n) is 3.55. The van der Waals surface area contributed by atoms with Gasteiger partial charge in [0.1, 0.15) is 0 Å². The zero-order valence-corrected chi connectivity index (χ0v) is 20.1. The van der Waals surface area contributed by atoms with Crippen LogP contribution in [0.3, 0.4) is 0 Å². The third-order valence-electron chi connectivity index (χ3n) is 5.38. The monoisotopic (exact) mass is 485 g/mol. The third kappa shape index (κ3) is 6.16. The lowest BCUT2D eigenvalue weighted by atomic mass is 10.2. The lowest BCUT2D eigenvalue weighted by molar-refractivity contribution is 0.0740. The van der Waals surface area contributed by atoms with Gasteiger partial charge < -0.3 is 15.5 Å². The van der Waals surface area contributed by atoms with Crippen LogP contribution in [0, 0.1) is 0 Å². The number of carbonyl (C=O) groups excluding carboxylic acids is 1. The molecule has 0 aliphatic carbocycles. The number of thiophene rings is 1. The molecule has 1 saturated heterocycles. The van der Waals surface area contributed by atoms with Gasteiger partial charge in [0.2, 0.25) is 5.96 Å². The number of piperazine rings is 1. The Labute approximate surface area is 198 Å². The van der Waals surface area contributed by atoms with Crippen molar-refractivity contribution in [3.05, 3.63) is 57.3 Å². The van der Waals surface area contributed by atoms with Crippen molar-refractivity contribution in [2.24, 2.45) is 9.98 Å². The van der Waals surface area contributed by atoms with Gasteiger partial charge in [-0.05, 0) is 35.4 Å². The fourth-order valence-corrected chi connectivity index (χ4v) is 5.25. The van der Waals surface area contributed by atoms with Crippen LogP contribution in [0.4, 0.5) is 0 Å². The SMILES string of the molecule is CS(=O)(=O)c1ccc(CNC2=NCc3cc(C(=O)N4CCNCC4)sc3/C=C\CC=N2)cc1. The molecule has 2 aliphatic heterocycles. The van der Waals surface area contributed by atoms with Crippen LogP contribution in [-0.2, 0) is 22.9 Å². The molecule has 3 heterocycles. The van der Waals surface area contributed by atoms with E-state index in [0.717, 1.165) is 47.1 Å². The molecule has 0 saturated carbocycles. The maximum absolute atomic E-state index is 12.9. The average Bonchev–Trinajstić information content (AvgIpc) is 3.23. The number of amides is 1. The first-order chi connectivity index (χ1) is 15.9. The van der Waals surface area contributed by atoms with Crippen molar-refractivity contribution < 1.29 is 13.2 Å². The predicted octanol–water partition coefficient (Wildman–Crippen LogP) is 2.33. The first-order valence-electron chi connectivity index (χ1n) is 10.8. The maximum atomic E-state index is 12.9. The number of allylic oxidation sites excluding steroid dienone is 1. The Morgan fingerprint density at radius 3 is 2.70 bits per heavy atom. The Balaban J connectivity index is 1.46. The summed E-state index contributed by atoms with van der Waals surface area (Å²) in [5.41, 5.74) is 1.93. The van der Waals surface area contributed by atoms with Gasteiger partial charge in [0.05, 0.1) is 16.3 Å². The Hall–Kier alpha value is -2.82. The van der Waals surface area contributed by atoms with Crippen molar-refractivity contribution in [2.45, 2.75) is 24.4 Å². The van der Waals surface area contributed by atoms with Crippen molar-refractivity contribution >= 4 is 45.3 Å². The number of sulfone groups is 1. The molecule has 174 valence electrons. The number of hydrogen-bond donors (Lipinski definition) is 2. The van der Waals surface area contributed by atoms with Gasteiger partial charge in [-0.25, -0.2) is 18.4 Å². The van der Waals surface area contributed by atoms with E-state index in [1.807, 2.05) is 23.1 Å². The van der Waals surface area contributed by atoms with Crippen LogP contribution in [0.1, 0.15) is 32.1 Å². The summed E-state index contributed by atoms with van der Waals surface area (Å²) >= 11 is 1.51. The van der Waals surface area contributed by atoms with Crippen molar-refractivity contribution in [1.29, 1.82) is 0 Å². The molecular weight excluding hydrogens is 458 g/mol. The van der Waals surface area contributed by atoms with Crippen molar-refractivity contribution in [1.82, 2.24) is 15.5 Å². The third-order valence-corrected chi connectivity index (χ3v) is 7.64. The highest BCUT2D eigenvalue weighted by molar-refractivity contribution is 7.90. The topological polar surface area (TPSA) is 103 Å². The van der Waals surface area contributed by atoms with E-state index in [0.29, 0.717) is 30.4 Å². The maximum Gasteiger partial charge on any atom is 0.264 e. The number of nitrogens with one attached hydrogen (secondary N) is 2. The van der Waals surface area contributed by atoms with Crippen LogP contribution in [0.25, 0.3) is 6.08 Å². The van der Waals surface area contributed by atoms with E-state index >= 15 is 0 Å². The van der Waals surface area contributed by atoms with Gasteiger partial charge in [0.25, 0.3) is 5.91 Å². The summed E-state index contributed by atoms with van der Waals surface area (Å²) in [6.07, 6.45) is 7.71. The van der Waals surface area contributed by atoms with E-state index in [2.05, 4.69) is 20.6 Å². The second-order valence-corrected chi connectivity index (χ2v) is 11.0. The quantitative estimate of drug-likeness (QED) is 0.692. The van der Waals surface area contributed by atoms with E-state index in [4.69, 9.17) is 0 Å². The zero-order chi connectivity index (χ0) is 23.3. The van der Waals surface area contributed by atoms with Gasteiger partial charge in [-0.15, -0.1) is 11.3 Å². The second-order valence-electron chi connectivity index (χ2n) is 7.90. The second kappa shape index (κ2) is 10.4. The molecule has 1 aromatic heterocycles.